The standard InChI is InChI=1S/C47H87NO5/c1-4-7-10-13-16-18-19-20-21-22-23-24-25-26-28-31-34-37-40-47(52)53-43(38-35-32-29-15-12-9-6-3)41-46(51)48-44(42-49)45(50)39-36-33-30-27-17-14-11-8-5-2/h19-24,43-45,49-50H,4-18,25-42H2,1-3H3,(H,48,51)/b20-19+,22-21+,24-23+. The SMILES string of the molecule is CCCCCCC/C=C/C=C/C=C/CCCCCCCC(=O)OC(CCCCCCCCC)CC(=O)NC(CO)C(O)CCCCCCCCCCC. The van der Waals surface area contributed by atoms with E-state index in [2.05, 4.69) is 62.5 Å². The Hall–Kier alpha value is -1.92. The van der Waals surface area contributed by atoms with Crippen LogP contribution in [0.25, 0.3) is 0 Å². The highest BCUT2D eigenvalue weighted by molar-refractivity contribution is 5.77. The lowest BCUT2D eigenvalue weighted by Gasteiger charge is -2.24. The van der Waals surface area contributed by atoms with Crippen molar-refractivity contribution < 1.29 is 24.5 Å². The quantitative estimate of drug-likeness (QED) is 0.0330. The summed E-state index contributed by atoms with van der Waals surface area (Å²) in [7, 11) is 0. The second-order valence-corrected chi connectivity index (χ2v) is 15.5. The molecular formula is C47H87NO5. The van der Waals surface area contributed by atoms with Gasteiger partial charge in [0.15, 0.2) is 0 Å². The second-order valence-electron chi connectivity index (χ2n) is 15.5. The highest BCUT2D eigenvalue weighted by Crippen LogP contribution is 2.17. The normalized spacial score (nSPS) is 13.7. The number of ether oxygens (including phenoxy) is 1. The van der Waals surface area contributed by atoms with E-state index in [0.717, 1.165) is 77.0 Å². The second kappa shape index (κ2) is 41.2. The monoisotopic (exact) mass is 746 g/mol. The molecular weight excluding hydrogens is 659 g/mol. The van der Waals surface area contributed by atoms with Crippen molar-refractivity contribution in [2.24, 2.45) is 0 Å². The van der Waals surface area contributed by atoms with Gasteiger partial charge in [0.25, 0.3) is 0 Å². The van der Waals surface area contributed by atoms with Crippen LogP contribution in [0.4, 0.5) is 0 Å². The summed E-state index contributed by atoms with van der Waals surface area (Å²) in [6, 6.07) is -0.699. The predicted molar refractivity (Wildman–Crippen MR) is 227 cm³/mol. The first-order valence-corrected chi connectivity index (χ1v) is 22.7. The summed E-state index contributed by atoms with van der Waals surface area (Å²) in [5.41, 5.74) is 0. The van der Waals surface area contributed by atoms with E-state index in [9.17, 15) is 19.8 Å². The molecule has 0 aliphatic heterocycles. The molecule has 0 aromatic rings. The molecule has 0 spiro atoms. The number of allylic oxidation sites excluding steroid dienone is 6. The van der Waals surface area contributed by atoms with Gasteiger partial charge in [-0.1, -0.05) is 198 Å². The minimum Gasteiger partial charge on any atom is -0.462 e. The summed E-state index contributed by atoms with van der Waals surface area (Å²) in [6.07, 6.45) is 46.4. The van der Waals surface area contributed by atoms with E-state index in [1.54, 1.807) is 0 Å². The van der Waals surface area contributed by atoms with Gasteiger partial charge in [-0.05, 0) is 51.4 Å². The number of amides is 1. The Morgan fingerprint density at radius 2 is 0.962 bits per heavy atom. The molecule has 53 heavy (non-hydrogen) atoms. The zero-order valence-corrected chi connectivity index (χ0v) is 35.1. The van der Waals surface area contributed by atoms with Crippen molar-refractivity contribution in [1.82, 2.24) is 5.32 Å². The zero-order chi connectivity index (χ0) is 38.9. The van der Waals surface area contributed by atoms with Gasteiger partial charge in [-0.25, -0.2) is 0 Å². The fourth-order valence-electron chi connectivity index (χ4n) is 6.78. The smallest absolute Gasteiger partial charge is 0.306 e. The number of aliphatic hydroxyl groups is 2. The van der Waals surface area contributed by atoms with Gasteiger partial charge in [-0.3, -0.25) is 9.59 Å². The maximum Gasteiger partial charge on any atom is 0.306 e. The van der Waals surface area contributed by atoms with Gasteiger partial charge in [0.1, 0.15) is 6.10 Å². The van der Waals surface area contributed by atoms with Crippen LogP contribution >= 0.6 is 0 Å². The van der Waals surface area contributed by atoms with Gasteiger partial charge in [0.2, 0.25) is 5.91 Å². The first-order chi connectivity index (χ1) is 26.0. The largest absolute Gasteiger partial charge is 0.462 e. The topological polar surface area (TPSA) is 95.9 Å². The highest BCUT2D eigenvalue weighted by Gasteiger charge is 2.24. The van der Waals surface area contributed by atoms with E-state index in [0.29, 0.717) is 19.3 Å². The molecule has 3 N–H and O–H groups in total. The van der Waals surface area contributed by atoms with Crippen LogP contribution < -0.4 is 5.32 Å². The van der Waals surface area contributed by atoms with Crippen LogP contribution in [0.1, 0.15) is 226 Å². The number of carbonyl (C=O) groups excluding carboxylic acids is 2. The van der Waals surface area contributed by atoms with Crippen molar-refractivity contribution in [2.45, 2.75) is 244 Å². The molecule has 0 aliphatic carbocycles. The van der Waals surface area contributed by atoms with Crippen molar-refractivity contribution in [3.8, 4) is 0 Å². The first-order valence-electron chi connectivity index (χ1n) is 22.7. The molecule has 3 unspecified atom stereocenters. The van der Waals surface area contributed by atoms with Crippen molar-refractivity contribution in [2.75, 3.05) is 6.61 Å². The average Bonchev–Trinajstić information content (AvgIpc) is 3.15. The van der Waals surface area contributed by atoms with E-state index in [1.165, 1.54) is 103 Å². The third kappa shape index (κ3) is 36.8. The summed E-state index contributed by atoms with van der Waals surface area (Å²) in [5, 5.41) is 23.5. The fraction of sp³-hybridized carbons (Fsp3) is 0.830. The number of hydrogen-bond acceptors (Lipinski definition) is 5. The number of nitrogens with one attached hydrogen (secondary N) is 1. The van der Waals surface area contributed by atoms with E-state index < -0.39 is 18.2 Å². The molecule has 1 amide bonds. The molecule has 0 aromatic carbocycles. The fourth-order valence-corrected chi connectivity index (χ4v) is 6.78. The highest BCUT2D eigenvalue weighted by atomic mass is 16.5. The number of rotatable bonds is 40. The van der Waals surface area contributed by atoms with Gasteiger partial charge in [-0.15, -0.1) is 0 Å². The van der Waals surface area contributed by atoms with Crippen molar-refractivity contribution in [3.63, 3.8) is 0 Å². The van der Waals surface area contributed by atoms with Gasteiger partial charge in [0, 0.05) is 6.42 Å². The van der Waals surface area contributed by atoms with Crippen LogP contribution in [-0.4, -0.2) is 46.9 Å². The third-order valence-electron chi connectivity index (χ3n) is 10.3. The number of esters is 1. The molecule has 0 aliphatic rings. The van der Waals surface area contributed by atoms with Gasteiger partial charge >= 0.3 is 5.97 Å². The lowest BCUT2D eigenvalue weighted by Crippen LogP contribution is -2.46. The van der Waals surface area contributed by atoms with E-state index >= 15 is 0 Å². The maximum absolute atomic E-state index is 13.0. The number of hydrogen-bond donors (Lipinski definition) is 3. The summed E-state index contributed by atoms with van der Waals surface area (Å²) >= 11 is 0. The summed E-state index contributed by atoms with van der Waals surface area (Å²) in [6.45, 7) is 6.40. The van der Waals surface area contributed by atoms with E-state index in [-0.39, 0.29) is 24.9 Å². The molecule has 0 aromatic heterocycles. The van der Waals surface area contributed by atoms with Crippen LogP contribution in [-0.2, 0) is 14.3 Å². The molecule has 6 heteroatoms. The molecule has 6 nitrogen and oxygen atoms in total. The van der Waals surface area contributed by atoms with Crippen LogP contribution in [0, 0.1) is 0 Å². The van der Waals surface area contributed by atoms with Gasteiger partial charge < -0.3 is 20.3 Å². The Morgan fingerprint density at radius 3 is 1.43 bits per heavy atom. The van der Waals surface area contributed by atoms with E-state index in [4.69, 9.17) is 4.74 Å². The third-order valence-corrected chi connectivity index (χ3v) is 10.3. The first kappa shape index (κ1) is 51.1. The van der Waals surface area contributed by atoms with Crippen LogP contribution in [0.3, 0.4) is 0 Å². The zero-order valence-electron chi connectivity index (χ0n) is 35.1. The minimum absolute atomic E-state index is 0.0704. The lowest BCUT2D eigenvalue weighted by atomic mass is 10.0. The van der Waals surface area contributed by atoms with E-state index in [1.807, 2.05) is 0 Å². The number of aliphatic hydroxyl groups excluding tert-OH is 2. The van der Waals surface area contributed by atoms with Gasteiger partial charge in [-0.2, -0.15) is 0 Å². The van der Waals surface area contributed by atoms with Crippen molar-refractivity contribution in [1.29, 1.82) is 0 Å². The maximum atomic E-state index is 13.0. The Bertz CT molecular complexity index is 884. The molecule has 0 saturated heterocycles. The average molecular weight is 746 g/mol. The van der Waals surface area contributed by atoms with Crippen molar-refractivity contribution >= 4 is 11.9 Å². The molecule has 0 rings (SSSR count). The summed E-state index contributed by atoms with van der Waals surface area (Å²) in [4.78, 5) is 25.8. The molecule has 3 atom stereocenters. The molecule has 310 valence electrons. The lowest BCUT2D eigenvalue weighted by molar-refractivity contribution is -0.151. The summed E-state index contributed by atoms with van der Waals surface area (Å²) in [5.74, 6) is -0.500. The molecule has 0 bridgehead atoms. The Morgan fingerprint density at radius 1 is 0.547 bits per heavy atom. The number of unbranched alkanes of at least 4 members (excludes halogenated alkanes) is 24. The van der Waals surface area contributed by atoms with Crippen LogP contribution in [0.15, 0.2) is 36.5 Å². The molecule has 0 fully saturated rings. The Kier molecular flexibility index (Phi) is 39.8. The summed E-state index contributed by atoms with van der Waals surface area (Å²) < 4.78 is 5.86. The van der Waals surface area contributed by atoms with Crippen LogP contribution in [0.2, 0.25) is 0 Å². The Balaban J connectivity index is 4.45. The predicted octanol–water partition coefficient (Wildman–Crippen LogP) is 12.9. The molecule has 0 heterocycles. The molecule has 0 saturated carbocycles. The minimum atomic E-state index is -0.785. The van der Waals surface area contributed by atoms with Crippen molar-refractivity contribution in [3.05, 3.63) is 36.5 Å². The Labute approximate surface area is 328 Å². The number of carbonyl (C=O) groups is 2. The van der Waals surface area contributed by atoms with Crippen LogP contribution in [0.5, 0.6) is 0 Å². The van der Waals surface area contributed by atoms with Gasteiger partial charge in [0.05, 0.1) is 25.2 Å². The molecule has 0 radical (unpaired) electrons.